The molecule has 4 nitrogen and oxygen atoms in total. The number of piperidine rings is 1. The minimum atomic E-state index is -0.668. The first-order valence-corrected chi connectivity index (χ1v) is 7.13. The normalized spacial score (nSPS) is 19.1. The van der Waals surface area contributed by atoms with E-state index in [-0.39, 0.29) is 23.3 Å². The van der Waals surface area contributed by atoms with Gasteiger partial charge in [0.1, 0.15) is 11.6 Å². The molecular formula is C15H21FN2O2. The van der Waals surface area contributed by atoms with Crippen molar-refractivity contribution in [3.8, 4) is 5.75 Å². The van der Waals surface area contributed by atoms with Gasteiger partial charge in [-0.3, -0.25) is 4.79 Å². The lowest BCUT2D eigenvalue weighted by molar-refractivity contribution is 0.0690. The van der Waals surface area contributed by atoms with Gasteiger partial charge in [-0.15, -0.1) is 0 Å². The summed E-state index contributed by atoms with van der Waals surface area (Å²) in [5.74, 6) is -1.13. The Morgan fingerprint density at radius 2 is 2.35 bits per heavy atom. The number of phenols is 1. The maximum atomic E-state index is 13.7. The Balaban J connectivity index is 2.04. The van der Waals surface area contributed by atoms with Gasteiger partial charge in [-0.25, -0.2) is 4.39 Å². The zero-order chi connectivity index (χ0) is 14.5. The van der Waals surface area contributed by atoms with Gasteiger partial charge in [0.05, 0.1) is 5.56 Å². The van der Waals surface area contributed by atoms with Crippen LogP contribution < -0.4 is 5.32 Å². The average molecular weight is 280 g/mol. The van der Waals surface area contributed by atoms with E-state index in [1.807, 2.05) is 0 Å². The fourth-order valence-corrected chi connectivity index (χ4v) is 2.52. The summed E-state index contributed by atoms with van der Waals surface area (Å²) in [6.45, 7) is 4.30. The summed E-state index contributed by atoms with van der Waals surface area (Å²) in [6.07, 6.45) is 3.02. The molecule has 1 aromatic carbocycles. The van der Waals surface area contributed by atoms with E-state index in [9.17, 15) is 14.3 Å². The molecule has 2 rings (SSSR count). The van der Waals surface area contributed by atoms with Crippen molar-refractivity contribution in [1.29, 1.82) is 0 Å². The Hall–Kier alpha value is -1.62. The predicted molar refractivity (Wildman–Crippen MR) is 75.3 cm³/mol. The summed E-state index contributed by atoms with van der Waals surface area (Å²) in [4.78, 5) is 14.0. The highest BCUT2D eigenvalue weighted by molar-refractivity contribution is 5.94. The van der Waals surface area contributed by atoms with Crippen LogP contribution in [0.15, 0.2) is 18.2 Å². The van der Waals surface area contributed by atoms with Gasteiger partial charge >= 0.3 is 0 Å². The van der Waals surface area contributed by atoms with Crippen molar-refractivity contribution in [3.63, 3.8) is 0 Å². The molecule has 1 atom stereocenters. The molecule has 1 aromatic rings. The molecule has 0 bridgehead atoms. The highest BCUT2D eigenvalue weighted by Gasteiger charge is 2.25. The van der Waals surface area contributed by atoms with E-state index in [0.717, 1.165) is 31.9 Å². The second kappa shape index (κ2) is 6.70. The van der Waals surface area contributed by atoms with Crippen molar-refractivity contribution in [2.75, 3.05) is 19.6 Å². The van der Waals surface area contributed by atoms with E-state index < -0.39 is 5.82 Å². The van der Waals surface area contributed by atoms with Crippen molar-refractivity contribution < 1.29 is 14.3 Å². The van der Waals surface area contributed by atoms with E-state index in [1.165, 1.54) is 12.1 Å². The molecule has 1 aliphatic rings. The number of hydrogen-bond acceptors (Lipinski definition) is 3. The molecule has 0 saturated carbocycles. The Bertz CT molecular complexity index is 479. The third-order valence-corrected chi connectivity index (χ3v) is 3.57. The lowest BCUT2D eigenvalue weighted by atomic mass is 10.0. The van der Waals surface area contributed by atoms with Crippen LogP contribution in [0.3, 0.4) is 0 Å². The van der Waals surface area contributed by atoms with Crippen LogP contribution in [-0.4, -0.2) is 41.6 Å². The van der Waals surface area contributed by atoms with Gasteiger partial charge in [0.15, 0.2) is 0 Å². The van der Waals surface area contributed by atoms with Crippen LogP contribution in [0.25, 0.3) is 0 Å². The largest absolute Gasteiger partial charge is 0.508 e. The second-order valence-electron chi connectivity index (χ2n) is 5.21. The number of nitrogens with one attached hydrogen (secondary N) is 1. The van der Waals surface area contributed by atoms with Crippen LogP contribution in [0.4, 0.5) is 4.39 Å². The molecule has 1 unspecified atom stereocenters. The number of phenolic OH excluding ortho intramolecular Hbond substituents is 1. The topological polar surface area (TPSA) is 52.6 Å². The van der Waals surface area contributed by atoms with E-state index in [0.29, 0.717) is 13.1 Å². The molecule has 1 fully saturated rings. The third kappa shape index (κ3) is 3.48. The molecular weight excluding hydrogens is 259 g/mol. The van der Waals surface area contributed by atoms with Gasteiger partial charge in [-0.05, 0) is 37.9 Å². The van der Waals surface area contributed by atoms with Crippen molar-refractivity contribution in [3.05, 3.63) is 29.6 Å². The molecule has 1 saturated heterocycles. The maximum absolute atomic E-state index is 13.7. The first-order chi connectivity index (χ1) is 9.61. The minimum Gasteiger partial charge on any atom is -0.508 e. The number of halogens is 1. The van der Waals surface area contributed by atoms with Crippen LogP contribution >= 0.6 is 0 Å². The quantitative estimate of drug-likeness (QED) is 0.888. The number of aromatic hydroxyl groups is 1. The predicted octanol–water partition coefficient (Wildman–Crippen LogP) is 2.14. The Morgan fingerprint density at radius 1 is 1.55 bits per heavy atom. The van der Waals surface area contributed by atoms with E-state index in [1.54, 1.807) is 4.90 Å². The number of benzene rings is 1. The molecule has 20 heavy (non-hydrogen) atoms. The zero-order valence-electron chi connectivity index (χ0n) is 11.7. The molecule has 0 aromatic heterocycles. The van der Waals surface area contributed by atoms with E-state index in [4.69, 9.17) is 0 Å². The van der Waals surface area contributed by atoms with Gasteiger partial charge in [-0.2, -0.15) is 0 Å². The SMILES string of the molecule is CCCNC1CCCN(C(=O)c2ccc(O)cc2F)C1. The Morgan fingerprint density at radius 3 is 3.05 bits per heavy atom. The number of likely N-dealkylation sites (tertiary alicyclic amines) is 1. The standard InChI is InChI=1S/C15H21FN2O2/c1-2-7-17-11-4-3-8-18(10-11)15(20)13-6-5-12(19)9-14(13)16/h5-6,9,11,17,19H,2-4,7-8,10H2,1H3. The number of hydrogen-bond donors (Lipinski definition) is 2. The molecule has 0 aliphatic carbocycles. The van der Waals surface area contributed by atoms with Gasteiger partial charge in [-0.1, -0.05) is 6.92 Å². The monoisotopic (exact) mass is 280 g/mol. The molecule has 0 spiro atoms. The zero-order valence-corrected chi connectivity index (χ0v) is 11.7. The molecule has 1 amide bonds. The summed E-state index contributed by atoms with van der Waals surface area (Å²) < 4.78 is 13.7. The van der Waals surface area contributed by atoms with Gasteiger partial charge < -0.3 is 15.3 Å². The van der Waals surface area contributed by atoms with Crippen LogP contribution in [0.5, 0.6) is 5.75 Å². The second-order valence-corrected chi connectivity index (χ2v) is 5.21. The fourth-order valence-electron chi connectivity index (χ4n) is 2.52. The van der Waals surface area contributed by atoms with Crippen molar-refractivity contribution in [2.45, 2.75) is 32.2 Å². The molecule has 2 N–H and O–H groups in total. The summed E-state index contributed by atoms with van der Waals surface area (Å²) >= 11 is 0. The number of carbonyl (C=O) groups is 1. The van der Waals surface area contributed by atoms with Gasteiger partial charge in [0.25, 0.3) is 5.91 Å². The highest BCUT2D eigenvalue weighted by Crippen LogP contribution is 2.19. The Kier molecular flexibility index (Phi) is 4.95. The fraction of sp³-hybridized carbons (Fsp3) is 0.533. The van der Waals surface area contributed by atoms with E-state index in [2.05, 4.69) is 12.2 Å². The first kappa shape index (κ1) is 14.8. The van der Waals surface area contributed by atoms with Crippen molar-refractivity contribution >= 4 is 5.91 Å². The smallest absolute Gasteiger partial charge is 0.256 e. The van der Waals surface area contributed by atoms with Crippen LogP contribution in [-0.2, 0) is 0 Å². The van der Waals surface area contributed by atoms with Crippen molar-refractivity contribution in [2.24, 2.45) is 0 Å². The maximum Gasteiger partial charge on any atom is 0.256 e. The van der Waals surface area contributed by atoms with E-state index >= 15 is 0 Å². The van der Waals surface area contributed by atoms with Crippen LogP contribution in [0, 0.1) is 5.82 Å². The van der Waals surface area contributed by atoms with Gasteiger partial charge in [0, 0.05) is 25.2 Å². The summed E-state index contributed by atoms with van der Waals surface area (Å²) in [5.41, 5.74) is 0.0268. The number of rotatable bonds is 4. The Labute approximate surface area is 118 Å². The highest BCUT2D eigenvalue weighted by atomic mass is 19.1. The molecule has 5 heteroatoms. The summed E-state index contributed by atoms with van der Waals surface area (Å²) in [7, 11) is 0. The number of nitrogens with zero attached hydrogens (tertiary/aromatic N) is 1. The van der Waals surface area contributed by atoms with Gasteiger partial charge in [0.2, 0.25) is 0 Å². The third-order valence-electron chi connectivity index (χ3n) is 3.57. The summed E-state index contributed by atoms with van der Waals surface area (Å²) in [5, 5.41) is 12.6. The van der Waals surface area contributed by atoms with Crippen LogP contribution in [0.2, 0.25) is 0 Å². The van der Waals surface area contributed by atoms with Crippen LogP contribution in [0.1, 0.15) is 36.5 Å². The average Bonchev–Trinajstić information content (AvgIpc) is 2.45. The molecule has 0 radical (unpaired) electrons. The first-order valence-electron chi connectivity index (χ1n) is 7.13. The molecule has 1 aliphatic heterocycles. The summed E-state index contributed by atoms with van der Waals surface area (Å²) in [6, 6.07) is 3.94. The lowest BCUT2D eigenvalue weighted by Crippen LogP contribution is -2.48. The molecule has 110 valence electrons. The number of amides is 1. The minimum absolute atomic E-state index is 0.0268. The number of carbonyl (C=O) groups excluding carboxylic acids is 1. The lowest BCUT2D eigenvalue weighted by Gasteiger charge is -2.33. The molecule has 1 heterocycles. The van der Waals surface area contributed by atoms with Crippen molar-refractivity contribution in [1.82, 2.24) is 10.2 Å².